The molecule has 0 N–H and O–H groups in total. The van der Waals surface area contributed by atoms with Gasteiger partial charge in [-0.2, -0.15) is 0 Å². The second kappa shape index (κ2) is 7.39. The Balaban J connectivity index is 0.000000526. The van der Waals surface area contributed by atoms with Crippen molar-refractivity contribution in [3.05, 3.63) is 30.0 Å². The molecule has 0 amide bonds. The van der Waals surface area contributed by atoms with Gasteiger partial charge in [0, 0.05) is 35.9 Å². The topological polar surface area (TPSA) is 34.6 Å². The first kappa shape index (κ1) is 17.0. The maximum Gasteiger partial charge on any atom is 0.130 e. The predicted molar refractivity (Wildman–Crippen MR) is 99.1 cm³/mol. The molecule has 2 atom stereocenters. The van der Waals surface area contributed by atoms with Crippen LogP contribution < -0.4 is 9.64 Å². The number of aryl methyl sites for hydroxylation is 1. The van der Waals surface area contributed by atoms with Crippen molar-refractivity contribution in [3.63, 3.8) is 0 Å². The van der Waals surface area contributed by atoms with Gasteiger partial charge in [0.25, 0.3) is 0 Å². The van der Waals surface area contributed by atoms with Crippen molar-refractivity contribution in [1.29, 1.82) is 0 Å². The smallest absolute Gasteiger partial charge is 0.130 e. The van der Waals surface area contributed by atoms with E-state index in [4.69, 9.17) is 9.47 Å². The highest BCUT2D eigenvalue weighted by molar-refractivity contribution is 5.88. The van der Waals surface area contributed by atoms with Crippen LogP contribution in [0.2, 0.25) is 0 Å². The number of rotatable bonds is 2. The number of pyridine rings is 1. The minimum Gasteiger partial charge on any atom is -0.496 e. The summed E-state index contributed by atoms with van der Waals surface area (Å²) in [6, 6.07) is 8.46. The molecule has 1 aromatic carbocycles. The summed E-state index contributed by atoms with van der Waals surface area (Å²) in [5, 5.41) is 1.08. The highest BCUT2D eigenvalue weighted by atomic mass is 16.5. The van der Waals surface area contributed by atoms with Gasteiger partial charge in [-0.25, -0.2) is 0 Å². The third-order valence-electron chi connectivity index (χ3n) is 4.51. The minimum atomic E-state index is 0.400. The number of benzene rings is 1. The van der Waals surface area contributed by atoms with Crippen LogP contribution in [0, 0.1) is 6.92 Å². The predicted octanol–water partition coefficient (Wildman–Crippen LogP) is 4.34. The van der Waals surface area contributed by atoms with Crippen LogP contribution in [-0.2, 0) is 4.74 Å². The van der Waals surface area contributed by atoms with Crippen LogP contribution in [0.1, 0.15) is 38.8 Å². The van der Waals surface area contributed by atoms with E-state index in [1.165, 1.54) is 24.9 Å². The van der Waals surface area contributed by atoms with Crippen LogP contribution in [0.3, 0.4) is 0 Å². The maximum atomic E-state index is 5.92. The highest BCUT2D eigenvalue weighted by Crippen LogP contribution is 2.33. The van der Waals surface area contributed by atoms with E-state index >= 15 is 0 Å². The average Bonchev–Trinajstić information content (AvgIpc) is 2.92. The van der Waals surface area contributed by atoms with E-state index in [1.54, 1.807) is 7.11 Å². The molecule has 0 aliphatic carbocycles. The number of morpholine rings is 1. The number of hydrogen-bond acceptors (Lipinski definition) is 4. The molecule has 0 spiro atoms. The second-order valence-electron chi connectivity index (χ2n) is 6.74. The van der Waals surface area contributed by atoms with Crippen LogP contribution in [0.25, 0.3) is 10.9 Å². The molecule has 2 saturated heterocycles. The zero-order valence-corrected chi connectivity index (χ0v) is 15.2. The molecule has 24 heavy (non-hydrogen) atoms. The lowest BCUT2D eigenvalue weighted by molar-refractivity contribution is 0.0305. The average molecular weight is 328 g/mol. The van der Waals surface area contributed by atoms with Crippen molar-refractivity contribution in [2.45, 2.75) is 52.2 Å². The molecule has 3 heterocycles. The molecule has 2 aromatic rings. The van der Waals surface area contributed by atoms with Crippen molar-refractivity contribution >= 4 is 16.6 Å². The Morgan fingerprint density at radius 2 is 1.83 bits per heavy atom. The Morgan fingerprint density at radius 1 is 1.17 bits per heavy atom. The number of anilines is 1. The van der Waals surface area contributed by atoms with Gasteiger partial charge in [-0.1, -0.05) is 20.3 Å². The van der Waals surface area contributed by atoms with Gasteiger partial charge in [0.05, 0.1) is 24.8 Å². The van der Waals surface area contributed by atoms with Crippen LogP contribution in [0.5, 0.6) is 5.75 Å². The first-order valence-corrected chi connectivity index (χ1v) is 9.00. The van der Waals surface area contributed by atoms with E-state index in [9.17, 15) is 0 Å². The summed E-state index contributed by atoms with van der Waals surface area (Å²) in [6.45, 7) is 8.22. The Labute approximate surface area is 144 Å². The number of ether oxygens (including phenoxy) is 2. The number of hydrogen-bond donors (Lipinski definition) is 0. The molecule has 2 fully saturated rings. The van der Waals surface area contributed by atoms with Crippen molar-refractivity contribution in [2.24, 2.45) is 0 Å². The minimum absolute atomic E-state index is 0.400. The number of nitrogens with zero attached hydrogens (tertiary/aromatic N) is 2. The lowest BCUT2D eigenvalue weighted by Crippen LogP contribution is -2.42. The van der Waals surface area contributed by atoms with E-state index < -0.39 is 0 Å². The molecule has 1 aromatic heterocycles. The lowest BCUT2D eigenvalue weighted by atomic mass is 10.1. The Bertz CT molecular complexity index is 689. The van der Waals surface area contributed by atoms with Crippen LogP contribution >= 0.6 is 0 Å². The SMILES string of the molecule is CCC.COc1cc(C)nc2ccc(N3CC4CCC(C3)O4)cc12. The summed E-state index contributed by atoms with van der Waals surface area (Å²) in [4.78, 5) is 7.02. The fraction of sp³-hybridized carbons (Fsp3) is 0.550. The summed E-state index contributed by atoms with van der Waals surface area (Å²) in [6.07, 6.45) is 4.44. The number of aromatic nitrogens is 1. The van der Waals surface area contributed by atoms with E-state index in [0.29, 0.717) is 12.2 Å². The third kappa shape index (κ3) is 3.48. The molecule has 0 saturated carbocycles. The molecule has 4 nitrogen and oxygen atoms in total. The van der Waals surface area contributed by atoms with E-state index in [0.717, 1.165) is 35.4 Å². The van der Waals surface area contributed by atoms with Gasteiger partial charge in [-0.05, 0) is 38.0 Å². The quantitative estimate of drug-likeness (QED) is 0.821. The monoisotopic (exact) mass is 328 g/mol. The lowest BCUT2D eigenvalue weighted by Gasteiger charge is -2.34. The maximum absolute atomic E-state index is 5.92. The molecule has 0 radical (unpaired) electrons. The van der Waals surface area contributed by atoms with Gasteiger partial charge in [-0.3, -0.25) is 4.98 Å². The molecule has 2 bridgehead atoms. The Hall–Kier alpha value is -1.81. The largest absolute Gasteiger partial charge is 0.496 e. The van der Waals surface area contributed by atoms with E-state index in [2.05, 4.69) is 41.9 Å². The molecule has 4 heteroatoms. The second-order valence-corrected chi connectivity index (χ2v) is 6.74. The zero-order chi connectivity index (χ0) is 17.1. The van der Waals surface area contributed by atoms with E-state index in [1.807, 2.05) is 13.0 Å². The number of methoxy groups -OCH3 is 1. The van der Waals surface area contributed by atoms with Gasteiger partial charge in [0.1, 0.15) is 5.75 Å². The molecule has 130 valence electrons. The summed E-state index contributed by atoms with van der Waals surface area (Å²) >= 11 is 0. The van der Waals surface area contributed by atoms with Crippen molar-refractivity contribution in [3.8, 4) is 5.75 Å². The number of fused-ring (bicyclic) bond motifs is 3. The van der Waals surface area contributed by atoms with Crippen molar-refractivity contribution in [1.82, 2.24) is 4.98 Å². The summed E-state index contributed by atoms with van der Waals surface area (Å²) in [5.41, 5.74) is 3.22. The van der Waals surface area contributed by atoms with Crippen molar-refractivity contribution < 1.29 is 9.47 Å². The zero-order valence-electron chi connectivity index (χ0n) is 15.2. The van der Waals surface area contributed by atoms with Gasteiger partial charge in [-0.15, -0.1) is 0 Å². The first-order chi connectivity index (χ1) is 11.6. The molecular formula is C20H28N2O2. The van der Waals surface area contributed by atoms with Crippen LogP contribution in [-0.4, -0.2) is 37.4 Å². The molecule has 2 unspecified atom stereocenters. The van der Waals surface area contributed by atoms with Crippen LogP contribution in [0.15, 0.2) is 24.3 Å². The first-order valence-electron chi connectivity index (χ1n) is 9.00. The molecular weight excluding hydrogens is 300 g/mol. The summed E-state index contributed by atoms with van der Waals surface area (Å²) in [7, 11) is 1.72. The highest BCUT2D eigenvalue weighted by Gasteiger charge is 2.33. The van der Waals surface area contributed by atoms with Crippen molar-refractivity contribution in [2.75, 3.05) is 25.1 Å². The van der Waals surface area contributed by atoms with Gasteiger partial charge in [0.2, 0.25) is 0 Å². The summed E-state index contributed by atoms with van der Waals surface area (Å²) in [5.74, 6) is 0.899. The van der Waals surface area contributed by atoms with Gasteiger partial charge in [0.15, 0.2) is 0 Å². The molecule has 2 aliphatic heterocycles. The summed E-state index contributed by atoms with van der Waals surface area (Å²) < 4.78 is 11.4. The fourth-order valence-corrected chi connectivity index (χ4v) is 3.50. The van der Waals surface area contributed by atoms with Gasteiger partial charge < -0.3 is 14.4 Å². The molecule has 4 rings (SSSR count). The third-order valence-corrected chi connectivity index (χ3v) is 4.51. The normalized spacial score (nSPS) is 22.2. The Morgan fingerprint density at radius 3 is 2.46 bits per heavy atom. The Kier molecular flexibility index (Phi) is 5.24. The van der Waals surface area contributed by atoms with Crippen LogP contribution in [0.4, 0.5) is 5.69 Å². The fourth-order valence-electron chi connectivity index (χ4n) is 3.50. The molecule has 2 aliphatic rings. The standard InChI is InChI=1S/C17H20N2O2.C3H8/c1-11-7-17(20-2)15-8-12(3-6-16(15)18-11)19-9-13-4-5-14(10-19)21-13;1-3-2/h3,6-8,13-14H,4-5,9-10H2,1-2H3;3H2,1-2H3. The van der Waals surface area contributed by atoms with Gasteiger partial charge >= 0.3 is 0 Å². The van der Waals surface area contributed by atoms with E-state index in [-0.39, 0.29) is 0 Å².